The normalized spacial score (nSPS) is 11.9. The Bertz CT molecular complexity index is 413. The highest BCUT2D eigenvalue weighted by Crippen LogP contribution is 1.93. The van der Waals surface area contributed by atoms with E-state index >= 15 is 0 Å². The number of aryl methyl sites for hydroxylation is 1. The predicted molar refractivity (Wildman–Crippen MR) is 62.6 cm³/mol. The molecule has 0 aliphatic heterocycles. The zero-order valence-electron chi connectivity index (χ0n) is 9.60. The van der Waals surface area contributed by atoms with E-state index in [0.717, 1.165) is 25.0 Å². The fourth-order valence-electron chi connectivity index (χ4n) is 1.29. The average molecular weight is 246 g/mol. The van der Waals surface area contributed by atoms with Crippen molar-refractivity contribution in [3.05, 3.63) is 18.2 Å². The van der Waals surface area contributed by atoms with Gasteiger partial charge < -0.3 is 9.88 Å². The SMILES string of the molecule is Cn1ccnc1CCNCCNS(C)(=O)=O. The molecule has 2 N–H and O–H groups in total. The van der Waals surface area contributed by atoms with E-state index in [9.17, 15) is 8.42 Å². The maximum atomic E-state index is 10.7. The number of hydrogen-bond acceptors (Lipinski definition) is 4. The highest BCUT2D eigenvalue weighted by molar-refractivity contribution is 7.88. The van der Waals surface area contributed by atoms with Gasteiger partial charge in [-0.15, -0.1) is 0 Å². The second kappa shape index (κ2) is 5.97. The van der Waals surface area contributed by atoms with E-state index in [0.29, 0.717) is 13.1 Å². The van der Waals surface area contributed by atoms with Crippen LogP contribution in [0.4, 0.5) is 0 Å². The Labute approximate surface area is 96.1 Å². The Morgan fingerprint density at radius 3 is 2.69 bits per heavy atom. The molecule has 0 saturated heterocycles. The molecule has 1 heterocycles. The summed E-state index contributed by atoms with van der Waals surface area (Å²) in [6.45, 7) is 1.83. The fourth-order valence-corrected chi connectivity index (χ4v) is 1.76. The molecule has 0 unspecified atom stereocenters. The molecule has 0 bridgehead atoms. The molecule has 0 aliphatic rings. The molecular formula is C9H18N4O2S. The molecule has 0 saturated carbocycles. The lowest BCUT2D eigenvalue weighted by Gasteiger charge is -2.05. The van der Waals surface area contributed by atoms with E-state index in [4.69, 9.17) is 0 Å². The molecule has 0 spiro atoms. The van der Waals surface area contributed by atoms with Crippen molar-refractivity contribution in [3.63, 3.8) is 0 Å². The van der Waals surface area contributed by atoms with Crippen LogP contribution >= 0.6 is 0 Å². The quantitative estimate of drug-likeness (QED) is 0.611. The Morgan fingerprint density at radius 1 is 1.38 bits per heavy atom. The molecule has 6 nitrogen and oxygen atoms in total. The van der Waals surface area contributed by atoms with Gasteiger partial charge in [-0.2, -0.15) is 0 Å². The van der Waals surface area contributed by atoms with Gasteiger partial charge in [-0.05, 0) is 0 Å². The van der Waals surface area contributed by atoms with Gasteiger partial charge in [0.25, 0.3) is 0 Å². The lowest BCUT2D eigenvalue weighted by Crippen LogP contribution is -2.32. The third-order valence-corrected chi connectivity index (χ3v) is 2.84. The van der Waals surface area contributed by atoms with Crippen LogP contribution < -0.4 is 10.0 Å². The summed E-state index contributed by atoms with van der Waals surface area (Å²) in [4.78, 5) is 4.18. The number of nitrogens with zero attached hydrogens (tertiary/aromatic N) is 2. The van der Waals surface area contributed by atoms with Crippen LogP contribution in [-0.4, -0.2) is 43.9 Å². The van der Waals surface area contributed by atoms with Gasteiger partial charge >= 0.3 is 0 Å². The van der Waals surface area contributed by atoms with Gasteiger partial charge in [0.2, 0.25) is 10.0 Å². The molecule has 0 amide bonds. The number of hydrogen-bond donors (Lipinski definition) is 2. The summed E-state index contributed by atoms with van der Waals surface area (Å²) >= 11 is 0. The van der Waals surface area contributed by atoms with Crippen LogP contribution in [-0.2, 0) is 23.5 Å². The predicted octanol–water partition coefficient (Wildman–Crippen LogP) is -0.899. The zero-order chi connectivity index (χ0) is 12.0. The van der Waals surface area contributed by atoms with Crippen molar-refractivity contribution in [2.24, 2.45) is 7.05 Å². The van der Waals surface area contributed by atoms with Crippen molar-refractivity contribution >= 4 is 10.0 Å². The number of sulfonamides is 1. The van der Waals surface area contributed by atoms with Gasteiger partial charge in [-0.25, -0.2) is 18.1 Å². The summed E-state index contributed by atoms with van der Waals surface area (Å²) < 4.78 is 25.9. The highest BCUT2D eigenvalue weighted by atomic mass is 32.2. The first kappa shape index (κ1) is 13.1. The van der Waals surface area contributed by atoms with Crippen LogP contribution in [0.3, 0.4) is 0 Å². The Balaban J connectivity index is 2.07. The Hall–Kier alpha value is -0.920. The second-order valence-electron chi connectivity index (χ2n) is 3.62. The van der Waals surface area contributed by atoms with Crippen molar-refractivity contribution in [2.45, 2.75) is 6.42 Å². The average Bonchev–Trinajstić information content (AvgIpc) is 2.56. The van der Waals surface area contributed by atoms with E-state index in [-0.39, 0.29) is 0 Å². The van der Waals surface area contributed by atoms with Crippen LogP contribution in [0.25, 0.3) is 0 Å². The zero-order valence-corrected chi connectivity index (χ0v) is 10.4. The fraction of sp³-hybridized carbons (Fsp3) is 0.667. The molecule has 1 rings (SSSR count). The van der Waals surface area contributed by atoms with Crippen molar-refractivity contribution in [2.75, 3.05) is 25.9 Å². The van der Waals surface area contributed by atoms with E-state index in [1.165, 1.54) is 0 Å². The molecule has 7 heteroatoms. The van der Waals surface area contributed by atoms with Crippen LogP contribution in [0.2, 0.25) is 0 Å². The van der Waals surface area contributed by atoms with Crippen LogP contribution in [0.1, 0.15) is 5.82 Å². The van der Waals surface area contributed by atoms with Gasteiger partial charge in [-0.1, -0.05) is 0 Å². The standard InChI is InChI=1S/C9H18N4O2S/c1-13-8-7-11-9(13)3-4-10-5-6-12-16(2,14)15/h7-8,10,12H,3-6H2,1-2H3. The van der Waals surface area contributed by atoms with Crippen molar-refractivity contribution in [3.8, 4) is 0 Å². The summed E-state index contributed by atoms with van der Waals surface area (Å²) in [5, 5.41) is 3.14. The Kier molecular flexibility index (Phi) is 4.91. The summed E-state index contributed by atoms with van der Waals surface area (Å²) in [6.07, 6.45) is 5.66. The smallest absolute Gasteiger partial charge is 0.208 e. The van der Waals surface area contributed by atoms with E-state index in [2.05, 4.69) is 15.0 Å². The number of rotatable bonds is 7. The third-order valence-electron chi connectivity index (χ3n) is 2.11. The van der Waals surface area contributed by atoms with Crippen molar-refractivity contribution in [1.29, 1.82) is 0 Å². The maximum Gasteiger partial charge on any atom is 0.208 e. The van der Waals surface area contributed by atoms with Crippen molar-refractivity contribution in [1.82, 2.24) is 19.6 Å². The van der Waals surface area contributed by atoms with E-state index in [1.807, 2.05) is 17.8 Å². The van der Waals surface area contributed by atoms with E-state index < -0.39 is 10.0 Å². The monoisotopic (exact) mass is 246 g/mol. The minimum Gasteiger partial charge on any atom is -0.338 e. The third kappa shape index (κ3) is 5.24. The second-order valence-corrected chi connectivity index (χ2v) is 5.45. The first-order valence-corrected chi connectivity index (χ1v) is 7.00. The number of aromatic nitrogens is 2. The highest BCUT2D eigenvalue weighted by Gasteiger charge is 2.00. The molecular weight excluding hydrogens is 228 g/mol. The summed E-state index contributed by atoms with van der Waals surface area (Å²) in [6, 6.07) is 0. The first-order chi connectivity index (χ1) is 7.49. The number of nitrogens with one attached hydrogen (secondary N) is 2. The van der Waals surface area contributed by atoms with E-state index in [1.54, 1.807) is 6.20 Å². The molecule has 1 aromatic rings. The molecule has 1 aromatic heterocycles. The van der Waals surface area contributed by atoms with Gasteiger partial charge in [-0.3, -0.25) is 0 Å². The summed E-state index contributed by atoms with van der Waals surface area (Å²) in [5.41, 5.74) is 0. The number of imidazole rings is 1. The van der Waals surface area contributed by atoms with Crippen LogP contribution in [0.5, 0.6) is 0 Å². The molecule has 16 heavy (non-hydrogen) atoms. The Morgan fingerprint density at radius 2 is 2.12 bits per heavy atom. The van der Waals surface area contributed by atoms with Gasteiger partial charge in [0.1, 0.15) is 5.82 Å². The van der Waals surface area contributed by atoms with Crippen LogP contribution in [0, 0.1) is 0 Å². The van der Waals surface area contributed by atoms with Gasteiger partial charge in [0.15, 0.2) is 0 Å². The lowest BCUT2D eigenvalue weighted by atomic mass is 10.4. The molecule has 0 aromatic carbocycles. The molecule has 92 valence electrons. The maximum absolute atomic E-state index is 10.7. The topological polar surface area (TPSA) is 76.0 Å². The van der Waals surface area contributed by atoms with Gasteiger partial charge in [0, 0.05) is 45.5 Å². The molecule has 0 radical (unpaired) electrons. The largest absolute Gasteiger partial charge is 0.338 e. The van der Waals surface area contributed by atoms with Crippen LogP contribution in [0.15, 0.2) is 12.4 Å². The van der Waals surface area contributed by atoms with Crippen molar-refractivity contribution < 1.29 is 8.42 Å². The lowest BCUT2D eigenvalue weighted by molar-refractivity contribution is 0.580. The molecule has 0 atom stereocenters. The minimum absolute atomic E-state index is 0.416. The van der Waals surface area contributed by atoms with Gasteiger partial charge in [0.05, 0.1) is 6.26 Å². The summed E-state index contributed by atoms with van der Waals surface area (Å²) in [5.74, 6) is 1.02. The summed E-state index contributed by atoms with van der Waals surface area (Å²) in [7, 11) is -1.12. The minimum atomic E-state index is -3.07. The molecule has 0 aliphatic carbocycles. The first-order valence-electron chi connectivity index (χ1n) is 5.10. The molecule has 0 fully saturated rings.